The highest BCUT2D eigenvalue weighted by Crippen LogP contribution is 2.35. The van der Waals surface area contributed by atoms with Crippen LogP contribution in [0.5, 0.6) is 0 Å². The number of carbonyl (C=O) groups excluding carboxylic acids is 2. The normalized spacial score (nSPS) is 29.9. The van der Waals surface area contributed by atoms with Crippen molar-refractivity contribution in [2.75, 3.05) is 6.54 Å². The molecule has 0 amide bonds. The predicted molar refractivity (Wildman–Crippen MR) is 62.6 cm³/mol. The summed E-state index contributed by atoms with van der Waals surface area (Å²) < 4.78 is 0. The first-order valence-corrected chi connectivity index (χ1v) is 6.03. The van der Waals surface area contributed by atoms with Gasteiger partial charge in [0.25, 0.3) is 0 Å². The van der Waals surface area contributed by atoms with Crippen molar-refractivity contribution in [1.29, 1.82) is 0 Å². The first kappa shape index (κ1) is 11.5. The molecular weight excluding hydrogens is 202 g/mol. The molecule has 0 saturated heterocycles. The molecule has 3 nitrogen and oxygen atoms in total. The molecule has 0 radical (unpaired) electrons. The van der Waals surface area contributed by atoms with Gasteiger partial charge in [-0.25, -0.2) is 0 Å². The zero-order valence-electron chi connectivity index (χ0n) is 10.2. The Labute approximate surface area is 96.3 Å². The van der Waals surface area contributed by atoms with Gasteiger partial charge in [0.2, 0.25) is 0 Å². The molecule has 1 fully saturated rings. The average molecular weight is 221 g/mol. The summed E-state index contributed by atoms with van der Waals surface area (Å²) in [5.74, 6) is 0.406. The Morgan fingerprint density at radius 2 is 2.06 bits per heavy atom. The molecule has 2 atom stereocenters. The molecule has 0 spiro atoms. The lowest BCUT2D eigenvalue weighted by atomic mass is 9.74. The summed E-state index contributed by atoms with van der Waals surface area (Å²) >= 11 is 0. The van der Waals surface area contributed by atoms with Crippen LogP contribution in [-0.4, -0.2) is 23.8 Å². The lowest BCUT2D eigenvalue weighted by Crippen LogP contribution is -2.39. The average Bonchev–Trinajstić information content (AvgIpc) is 2.60. The minimum absolute atomic E-state index is 0.0512. The predicted octanol–water partition coefficient (Wildman–Crippen LogP) is 2.04. The number of nitrogens with zero attached hydrogens (tertiary/aromatic N) is 1. The Kier molecular flexibility index (Phi) is 2.72. The van der Waals surface area contributed by atoms with E-state index < -0.39 is 5.41 Å². The van der Waals surface area contributed by atoms with Gasteiger partial charge in [0.15, 0.2) is 5.78 Å². The van der Waals surface area contributed by atoms with Crippen LogP contribution in [-0.2, 0) is 9.59 Å². The maximum Gasteiger partial charge on any atom is 0.182 e. The number of aliphatic imine (C=N–C) groups is 1. The highest BCUT2D eigenvalue weighted by molar-refractivity contribution is 6.46. The highest BCUT2D eigenvalue weighted by atomic mass is 16.1. The summed E-state index contributed by atoms with van der Waals surface area (Å²) in [5, 5.41) is 0. The number of Topliss-reactive ketones (excluding diaryl/α,β-unsaturated/α-hetero) is 2. The van der Waals surface area contributed by atoms with E-state index in [0.717, 1.165) is 12.8 Å². The maximum atomic E-state index is 12.2. The molecule has 2 aliphatic rings. The van der Waals surface area contributed by atoms with Crippen LogP contribution in [0.4, 0.5) is 0 Å². The van der Waals surface area contributed by atoms with Crippen molar-refractivity contribution in [3.63, 3.8) is 0 Å². The van der Waals surface area contributed by atoms with E-state index in [0.29, 0.717) is 24.6 Å². The second kappa shape index (κ2) is 3.79. The van der Waals surface area contributed by atoms with Gasteiger partial charge in [0.05, 0.1) is 11.6 Å². The molecule has 88 valence electrons. The van der Waals surface area contributed by atoms with Crippen LogP contribution in [0.15, 0.2) is 4.99 Å². The SMILES string of the molecule is CC(C)(C)C(=O)C1=NC[C@H]2CCCC(=O)[C@@H]12. The van der Waals surface area contributed by atoms with Gasteiger partial charge in [0.1, 0.15) is 5.78 Å². The van der Waals surface area contributed by atoms with Crippen LogP contribution >= 0.6 is 0 Å². The van der Waals surface area contributed by atoms with Gasteiger partial charge >= 0.3 is 0 Å². The molecule has 0 aromatic rings. The monoisotopic (exact) mass is 221 g/mol. The second-order valence-corrected chi connectivity index (χ2v) is 5.90. The molecule has 0 bridgehead atoms. The third kappa shape index (κ3) is 1.83. The fourth-order valence-electron chi connectivity index (χ4n) is 2.61. The van der Waals surface area contributed by atoms with Gasteiger partial charge in [-0.15, -0.1) is 0 Å². The molecule has 1 aliphatic carbocycles. The lowest BCUT2D eigenvalue weighted by molar-refractivity contribution is -0.125. The fraction of sp³-hybridized carbons (Fsp3) is 0.769. The van der Waals surface area contributed by atoms with Crippen molar-refractivity contribution >= 4 is 17.3 Å². The van der Waals surface area contributed by atoms with E-state index in [4.69, 9.17) is 0 Å². The van der Waals surface area contributed by atoms with Gasteiger partial charge in [-0.05, 0) is 18.8 Å². The minimum Gasteiger partial charge on any atom is -0.299 e. The molecule has 1 saturated carbocycles. The number of rotatable bonds is 1. The topological polar surface area (TPSA) is 46.5 Å². The number of hydrogen-bond donors (Lipinski definition) is 0. The molecule has 2 rings (SSSR count). The maximum absolute atomic E-state index is 12.2. The Hall–Kier alpha value is -0.990. The van der Waals surface area contributed by atoms with Crippen molar-refractivity contribution in [3.05, 3.63) is 0 Å². The van der Waals surface area contributed by atoms with Gasteiger partial charge in [-0.1, -0.05) is 20.8 Å². The van der Waals surface area contributed by atoms with Crippen LogP contribution < -0.4 is 0 Å². The molecule has 16 heavy (non-hydrogen) atoms. The van der Waals surface area contributed by atoms with Crippen LogP contribution in [0.25, 0.3) is 0 Å². The van der Waals surface area contributed by atoms with E-state index in [9.17, 15) is 9.59 Å². The summed E-state index contributed by atoms with van der Waals surface area (Å²) in [4.78, 5) is 28.4. The molecule has 0 aromatic heterocycles. The lowest BCUT2D eigenvalue weighted by Gasteiger charge is -2.26. The molecule has 0 aromatic carbocycles. The van der Waals surface area contributed by atoms with E-state index >= 15 is 0 Å². The van der Waals surface area contributed by atoms with Crippen LogP contribution in [0.1, 0.15) is 40.0 Å². The summed E-state index contributed by atoms with van der Waals surface area (Å²) in [6.07, 6.45) is 2.63. The molecule has 1 heterocycles. The second-order valence-electron chi connectivity index (χ2n) is 5.90. The van der Waals surface area contributed by atoms with Crippen molar-refractivity contribution in [2.45, 2.75) is 40.0 Å². The van der Waals surface area contributed by atoms with Gasteiger partial charge in [0, 0.05) is 18.4 Å². The molecule has 0 N–H and O–H groups in total. The van der Waals surface area contributed by atoms with Crippen LogP contribution in [0.3, 0.4) is 0 Å². The highest BCUT2D eigenvalue weighted by Gasteiger charge is 2.44. The van der Waals surface area contributed by atoms with Crippen molar-refractivity contribution < 1.29 is 9.59 Å². The van der Waals surface area contributed by atoms with E-state index in [1.165, 1.54) is 0 Å². The van der Waals surface area contributed by atoms with Crippen LogP contribution in [0.2, 0.25) is 0 Å². The molecular formula is C13H19NO2. The summed E-state index contributed by atoms with van der Waals surface area (Å²) in [6.45, 7) is 6.34. The Balaban J connectivity index is 2.24. The summed E-state index contributed by atoms with van der Waals surface area (Å²) in [6, 6.07) is 0. The fourth-order valence-corrected chi connectivity index (χ4v) is 2.61. The van der Waals surface area contributed by atoms with Gasteiger partial charge in [-0.2, -0.15) is 0 Å². The quantitative estimate of drug-likeness (QED) is 0.680. The minimum atomic E-state index is -0.425. The largest absolute Gasteiger partial charge is 0.299 e. The number of hydrogen-bond acceptors (Lipinski definition) is 3. The van der Waals surface area contributed by atoms with Gasteiger partial charge in [-0.3, -0.25) is 14.6 Å². The first-order chi connectivity index (χ1) is 7.41. The Morgan fingerprint density at radius 3 is 2.69 bits per heavy atom. The molecule has 3 heteroatoms. The number of fused-ring (bicyclic) bond motifs is 1. The summed E-state index contributed by atoms with van der Waals surface area (Å²) in [5.41, 5.74) is 0.132. The third-order valence-corrected chi connectivity index (χ3v) is 3.52. The van der Waals surface area contributed by atoms with Crippen molar-refractivity contribution in [1.82, 2.24) is 0 Å². The smallest absolute Gasteiger partial charge is 0.182 e. The number of carbonyl (C=O) groups is 2. The van der Waals surface area contributed by atoms with E-state index in [1.54, 1.807) is 0 Å². The van der Waals surface area contributed by atoms with E-state index in [1.807, 2.05) is 20.8 Å². The van der Waals surface area contributed by atoms with Crippen molar-refractivity contribution in [2.24, 2.45) is 22.2 Å². The Bertz CT molecular complexity index is 363. The zero-order chi connectivity index (χ0) is 11.9. The Morgan fingerprint density at radius 1 is 1.38 bits per heavy atom. The number of ketones is 2. The van der Waals surface area contributed by atoms with E-state index in [2.05, 4.69) is 4.99 Å². The third-order valence-electron chi connectivity index (χ3n) is 3.52. The van der Waals surface area contributed by atoms with E-state index in [-0.39, 0.29) is 17.5 Å². The van der Waals surface area contributed by atoms with Crippen molar-refractivity contribution in [3.8, 4) is 0 Å². The standard InChI is InChI=1S/C13H19NO2/c1-13(2,3)12(16)11-10-8(7-14-11)5-4-6-9(10)15/h8,10H,4-7H2,1-3H3/t8-,10+/m1/s1. The first-order valence-electron chi connectivity index (χ1n) is 6.03. The van der Waals surface area contributed by atoms with Gasteiger partial charge < -0.3 is 0 Å². The molecule has 0 unspecified atom stereocenters. The van der Waals surface area contributed by atoms with Crippen LogP contribution in [0, 0.1) is 17.3 Å². The summed E-state index contributed by atoms with van der Waals surface area (Å²) in [7, 11) is 0. The molecule has 1 aliphatic heterocycles. The zero-order valence-corrected chi connectivity index (χ0v) is 10.2.